The van der Waals surface area contributed by atoms with Crippen LogP contribution in [-0.2, 0) is 38.6 Å². The Kier molecular flexibility index (Phi) is 11.4. The van der Waals surface area contributed by atoms with Crippen molar-refractivity contribution < 1.29 is 77.4 Å². The van der Waals surface area contributed by atoms with Crippen molar-refractivity contribution in [2.45, 2.75) is 40.0 Å². The normalized spacial score (nSPS) is 15.1. The molecule has 9 heteroatoms. The van der Waals surface area contributed by atoms with Gasteiger partial charge in [0.1, 0.15) is 0 Å². The van der Waals surface area contributed by atoms with Gasteiger partial charge in [-0.3, -0.25) is 0 Å². The molecular formula is C38H29Cl2F6Zr. The molecule has 0 saturated heterocycles. The van der Waals surface area contributed by atoms with Crippen LogP contribution in [0.2, 0.25) is 0 Å². The van der Waals surface area contributed by atoms with E-state index in [1.807, 2.05) is 36.4 Å². The third kappa shape index (κ3) is 7.43. The van der Waals surface area contributed by atoms with Gasteiger partial charge >= 0.3 is 38.6 Å². The van der Waals surface area contributed by atoms with Crippen LogP contribution < -0.4 is 35.3 Å². The molecule has 4 aromatic carbocycles. The van der Waals surface area contributed by atoms with Gasteiger partial charge in [0.25, 0.3) is 0 Å². The van der Waals surface area contributed by atoms with Gasteiger partial charge in [0, 0.05) is 0 Å². The van der Waals surface area contributed by atoms with E-state index in [0.717, 1.165) is 62.2 Å². The van der Waals surface area contributed by atoms with Gasteiger partial charge in [-0.2, -0.15) is 26.3 Å². The van der Waals surface area contributed by atoms with Crippen LogP contribution in [0, 0.1) is 21.8 Å². The number of rotatable bonds is 3. The van der Waals surface area contributed by atoms with Crippen molar-refractivity contribution in [1.29, 1.82) is 0 Å². The fraction of sp³-hybridized carbons (Fsp3) is 0.211. The Morgan fingerprint density at radius 3 is 1.74 bits per heavy atom. The first kappa shape index (κ1) is 38.6. The van der Waals surface area contributed by atoms with Crippen LogP contribution in [-0.4, -0.2) is 0 Å². The van der Waals surface area contributed by atoms with E-state index in [1.54, 1.807) is 0 Å². The van der Waals surface area contributed by atoms with Gasteiger partial charge in [0.2, 0.25) is 0 Å². The van der Waals surface area contributed by atoms with Crippen molar-refractivity contribution in [3.8, 4) is 0 Å². The molecule has 1 radical (unpaired) electrons. The van der Waals surface area contributed by atoms with Crippen LogP contribution >= 0.6 is 0 Å². The molecular weight excluding hydrogens is 733 g/mol. The maximum atomic E-state index is 13.9. The molecule has 47 heavy (non-hydrogen) atoms. The van der Waals surface area contributed by atoms with E-state index in [0.29, 0.717) is 5.22 Å². The molecule has 0 amide bonds. The molecule has 0 spiro atoms. The number of halogens is 8. The van der Waals surface area contributed by atoms with Crippen LogP contribution in [0.4, 0.5) is 26.3 Å². The third-order valence-electron chi connectivity index (χ3n) is 8.29. The minimum absolute atomic E-state index is 0. The summed E-state index contributed by atoms with van der Waals surface area (Å²) in [5, 5.41) is 3.33. The summed E-state index contributed by atoms with van der Waals surface area (Å²) < 4.78 is 83.6. The molecule has 0 aliphatic heterocycles. The molecule has 2 aliphatic rings. The van der Waals surface area contributed by atoms with Crippen LogP contribution in [0.1, 0.15) is 61.1 Å². The second-order valence-electron chi connectivity index (χ2n) is 12.4. The molecule has 0 heterocycles. The Bertz CT molecular complexity index is 2040. The summed E-state index contributed by atoms with van der Waals surface area (Å²) in [6.07, 6.45) is -1.44. The second kappa shape index (κ2) is 13.9. The molecule has 0 nitrogen and oxygen atoms in total. The third-order valence-corrected chi connectivity index (χ3v) is 8.29. The van der Waals surface area contributed by atoms with Crippen molar-refractivity contribution in [3.05, 3.63) is 157 Å². The summed E-state index contributed by atoms with van der Waals surface area (Å²) in [6, 6.07) is 21.1. The Balaban J connectivity index is 0.00000200. The zero-order valence-electron chi connectivity index (χ0n) is 25.8. The standard InChI is InChI=1S/C38H29F6.2ClH.Zr/c1-22-17-28(36(2,3)4)21-32(22)35-31(16-15-30-29-14-6-5-9-23(29)20-33(30)35)34(24-10-7-12-26(18-24)37(39,40)41)25-11-8-13-27(19-25)38(42,43)44;;;/h5-19,21-22H,1-4H3;2*1H;/q-1;;;+3/p-2. The van der Waals surface area contributed by atoms with Crippen LogP contribution in [0.15, 0.2) is 103 Å². The number of hydrogen-bond donors (Lipinski definition) is 0. The quantitative estimate of drug-likeness (QED) is 0.196. The topological polar surface area (TPSA) is 0 Å². The molecule has 0 bridgehead atoms. The molecule has 241 valence electrons. The predicted molar refractivity (Wildman–Crippen MR) is 161 cm³/mol. The molecule has 0 aromatic heterocycles. The first-order chi connectivity index (χ1) is 20.6. The minimum atomic E-state index is -4.63. The summed E-state index contributed by atoms with van der Waals surface area (Å²) >= 11 is 0. The van der Waals surface area contributed by atoms with E-state index in [1.165, 1.54) is 24.3 Å². The summed E-state index contributed by atoms with van der Waals surface area (Å²) in [5.74, 6) is -0.0516. The maximum Gasteiger partial charge on any atom is 3.00 e. The Morgan fingerprint density at radius 2 is 1.23 bits per heavy atom. The van der Waals surface area contributed by atoms with Gasteiger partial charge in [0.15, 0.2) is 0 Å². The Labute approximate surface area is 301 Å². The van der Waals surface area contributed by atoms with Crippen LogP contribution in [0.3, 0.4) is 0 Å². The van der Waals surface area contributed by atoms with E-state index in [-0.39, 0.29) is 79.1 Å². The van der Waals surface area contributed by atoms with E-state index in [9.17, 15) is 26.3 Å². The first-order valence-electron chi connectivity index (χ1n) is 14.3. The number of fused-ring (bicyclic) bond motifs is 2. The SMILES string of the molecule is CC1C=C(C(C)(C)C)C=C1c1c2c(ccc1=C(c1cccc(C(F)(F)F)c1)c1cccc(C(F)(F)F)c1)=c1ccccc1=[C-]2.[Cl-].[Cl-].[Zr+3]. The zero-order valence-corrected chi connectivity index (χ0v) is 29.8. The van der Waals surface area contributed by atoms with Gasteiger partial charge in [-0.1, -0.05) is 106 Å². The average Bonchev–Trinajstić information content (AvgIpc) is 3.53. The van der Waals surface area contributed by atoms with Gasteiger partial charge in [-0.05, 0) is 63.1 Å². The molecule has 0 fully saturated rings. The smallest absolute Gasteiger partial charge is 1.00 e. The number of alkyl halides is 6. The minimum Gasteiger partial charge on any atom is -1.00 e. The number of hydrogen-bond acceptors (Lipinski definition) is 0. The maximum absolute atomic E-state index is 13.9. The van der Waals surface area contributed by atoms with E-state index >= 15 is 0 Å². The van der Waals surface area contributed by atoms with E-state index < -0.39 is 23.5 Å². The van der Waals surface area contributed by atoms with Gasteiger partial charge in [0.05, 0.1) is 11.1 Å². The first-order valence-corrected chi connectivity index (χ1v) is 14.3. The van der Waals surface area contributed by atoms with Crippen molar-refractivity contribution in [2.75, 3.05) is 0 Å². The largest absolute Gasteiger partial charge is 3.00 e. The summed E-state index contributed by atoms with van der Waals surface area (Å²) in [5.41, 5.74) is 2.30. The average molecular weight is 762 g/mol. The zero-order chi connectivity index (χ0) is 31.6. The van der Waals surface area contributed by atoms with Crippen molar-refractivity contribution in [3.63, 3.8) is 0 Å². The number of allylic oxidation sites excluding steroid dienone is 4. The van der Waals surface area contributed by atoms with Crippen molar-refractivity contribution in [1.82, 2.24) is 0 Å². The Morgan fingerprint density at radius 1 is 0.681 bits per heavy atom. The molecule has 2 aliphatic carbocycles. The summed E-state index contributed by atoms with van der Waals surface area (Å²) in [7, 11) is 0. The Hall–Kier alpha value is -2.86. The van der Waals surface area contributed by atoms with E-state index in [4.69, 9.17) is 0 Å². The predicted octanol–water partition coefficient (Wildman–Crippen LogP) is 3.29. The summed E-state index contributed by atoms with van der Waals surface area (Å²) in [4.78, 5) is 0. The second-order valence-corrected chi connectivity index (χ2v) is 12.4. The van der Waals surface area contributed by atoms with Crippen LogP contribution in [0.5, 0.6) is 0 Å². The van der Waals surface area contributed by atoms with E-state index in [2.05, 4.69) is 45.9 Å². The molecule has 6 rings (SSSR count). The number of benzene rings is 4. The van der Waals surface area contributed by atoms with Gasteiger partial charge < -0.3 is 24.8 Å². The molecule has 1 unspecified atom stereocenters. The fourth-order valence-corrected chi connectivity index (χ4v) is 6.08. The van der Waals surface area contributed by atoms with Crippen molar-refractivity contribution in [2.24, 2.45) is 11.3 Å². The van der Waals surface area contributed by atoms with Crippen LogP contribution in [0.25, 0.3) is 17.2 Å². The fourth-order valence-electron chi connectivity index (χ4n) is 6.08. The van der Waals surface area contributed by atoms with Crippen molar-refractivity contribution >= 4 is 17.2 Å². The molecule has 0 saturated carbocycles. The summed E-state index contributed by atoms with van der Waals surface area (Å²) in [6.45, 7) is 8.39. The molecule has 4 aromatic rings. The monoisotopic (exact) mass is 759 g/mol. The molecule has 0 N–H and O–H groups in total. The molecule has 1 atom stereocenters. The van der Waals surface area contributed by atoms with Gasteiger partial charge in [-0.15, -0.1) is 33.4 Å². The van der Waals surface area contributed by atoms with Gasteiger partial charge in [-0.25, -0.2) is 0 Å².